The summed E-state index contributed by atoms with van der Waals surface area (Å²) in [5.74, 6) is 1.46. The highest BCUT2D eigenvalue weighted by Gasteiger charge is 2.31. The minimum Gasteiger partial charge on any atom is -0.481 e. The fourth-order valence-corrected chi connectivity index (χ4v) is 3.44. The number of aryl methyl sites for hydroxylation is 1. The Kier molecular flexibility index (Phi) is 2.88. The van der Waals surface area contributed by atoms with E-state index in [0.29, 0.717) is 18.3 Å². The van der Waals surface area contributed by atoms with E-state index in [1.807, 2.05) is 0 Å². The van der Waals surface area contributed by atoms with Gasteiger partial charge in [-0.25, -0.2) is 4.98 Å². The molecular formula is C14H20N2O2. The molecule has 0 aliphatic heterocycles. The average molecular weight is 248 g/mol. The van der Waals surface area contributed by atoms with Crippen molar-refractivity contribution >= 4 is 5.97 Å². The van der Waals surface area contributed by atoms with Crippen LogP contribution in [-0.4, -0.2) is 21.0 Å². The van der Waals surface area contributed by atoms with Gasteiger partial charge in [0.15, 0.2) is 0 Å². The molecule has 2 aliphatic carbocycles. The number of nitrogens with one attached hydrogen (secondary N) is 1. The van der Waals surface area contributed by atoms with Crippen molar-refractivity contribution in [2.75, 3.05) is 0 Å². The van der Waals surface area contributed by atoms with Crippen molar-refractivity contribution in [2.24, 2.45) is 11.8 Å². The number of hydrogen-bond donors (Lipinski definition) is 2. The number of hydrogen-bond acceptors (Lipinski definition) is 2. The number of carboxylic acid groups (broad SMARTS) is 1. The van der Waals surface area contributed by atoms with E-state index in [9.17, 15) is 4.79 Å². The van der Waals surface area contributed by atoms with Gasteiger partial charge in [0.25, 0.3) is 0 Å². The number of aromatic amines is 1. The summed E-state index contributed by atoms with van der Waals surface area (Å²) >= 11 is 0. The lowest BCUT2D eigenvalue weighted by molar-refractivity contribution is -0.142. The van der Waals surface area contributed by atoms with Crippen molar-refractivity contribution in [1.82, 2.24) is 9.97 Å². The van der Waals surface area contributed by atoms with Gasteiger partial charge in [0.2, 0.25) is 0 Å². The monoisotopic (exact) mass is 248 g/mol. The number of fused-ring (bicyclic) bond motifs is 1. The summed E-state index contributed by atoms with van der Waals surface area (Å²) < 4.78 is 0. The summed E-state index contributed by atoms with van der Waals surface area (Å²) in [4.78, 5) is 19.2. The van der Waals surface area contributed by atoms with Crippen LogP contribution in [0, 0.1) is 11.8 Å². The van der Waals surface area contributed by atoms with Crippen LogP contribution in [-0.2, 0) is 17.6 Å². The van der Waals surface area contributed by atoms with Gasteiger partial charge in [-0.1, -0.05) is 13.3 Å². The van der Waals surface area contributed by atoms with Crippen LogP contribution in [0.15, 0.2) is 0 Å². The second-order valence-electron chi connectivity index (χ2n) is 5.84. The average Bonchev–Trinajstić information content (AvgIpc) is 2.92. The van der Waals surface area contributed by atoms with Crippen molar-refractivity contribution in [3.63, 3.8) is 0 Å². The molecule has 1 saturated carbocycles. The Labute approximate surface area is 107 Å². The van der Waals surface area contributed by atoms with Crippen molar-refractivity contribution in [2.45, 2.75) is 51.4 Å². The third kappa shape index (κ3) is 1.93. The predicted octanol–water partition coefficient (Wildman–Crippen LogP) is 2.50. The summed E-state index contributed by atoms with van der Waals surface area (Å²) in [6.07, 6.45) is 5.95. The number of imidazole rings is 1. The zero-order valence-electron chi connectivity index (χ0n) is 10.8. The van der Waals surface area contributed by atoms with E-state index in [0.717, 1.165) is 30.1 Å². The van der Waals surface area contributed by atoms with Crippen molar-refractivity contribution in [3.05, 3.63) is 17.2 Å². The zero-order valence-corrected chi connectivity index (χ0v) is 10.8. The number of carbonyl (C=O) groups is 1. The molecule has 3 unspecified atom stereocenters. The fraction of sp³-hybridized carbons (Fsp3) is 0.714. The lowest BCUT2D eigenvalue weighted by Gasteiger charge is -2.16. The van der Waals surface area contributed by atoms with E-state index in [2.05, 4.69) is 11.9 Å². The van der Waals surface area contributed by atoms with Gasteiger partial charge in [-0.15, -0.1) is 0 Å². The summed E-state index contributed by atoms with van der Waals surface area (Å²) in [7, 11) is 0. The van der Waals surface area contributed by atoms with Crippen molar-refractivity contribution in [3.8, 4) is 0 Å². The minimum absolute atomic E-state index is 0.230. The van der Waals surface area contributed by atoms with Gasteiger partial charge < -0.3 is 10.1 Å². The van der Waals surface area contributed by atoms with Gasteiger partial charge in [-0.05, 0) is 31.6 Å². The molecule has 1 heterocycles. The number of H-pyrrole nitrogens is 1. The summed E-state index contributed by atoms with van der Waals surface area (Å²) in [6, 6.07) is 0. The van der Waals surface area contributed by atoms with Gasteiger partial charge >= 0.3 is 5.97 Å². The summed E-state index contributed by atoms with van der Waals surface area (Å²) in [6.45, 7) is 2.29. The van der Waals surface area contributed by atoms with Crippen LogP contribution in [0.2, 0.25) is 0 Å². The van der Waals surface area contributed by atoms with Gasteiger partial charge in [0.05, 0.1) is 11.6 Å². The predicted molar refractivity (Wildman–Crippen MR) is 67.5 cm³/mol. The maximum absolute atomic E-state index is 11.0. The van der Waals surface area contributed by atoms with Gasteiger partial charge in [0, 0.05) is 18.0 Å². The third-order valence-corrected chi connectivity index (χ3v) is 4.62. The molecule has 0 spiro atoms. The van der Waals surface area contributed by atoms with Gasteiger partial charge in [0.1, 0.15) is 5.82 Å². The summed E-state index contributed by atoms with van der Waals surface area (Å²) in [5.41, 5.74) is 2.18. The maximum Gasteiger partial charge on any atom is 0.306 e. The molecule has 4 nitrogen and oxygen atoms in total. The van der Waals surface area contributed by atoms with Crippen LogP contribution < -0.4 is 0 Å². The van der Waals surface area contributed by atoms with Crippen LogP contribution >= 0.6 is 0 Å². The van der Waals surface area contributed by atoms with Crippen LogP contribution in [0.1, 0.15) is 55.7 Å². The quantitative estimate of drug-likeness (QED) is 0.845. The maximum atomic E-state index is 11.0. The zero-order chi connectivity index (χ0) is 12.7. The minimum atomic E-state index is -0.675. The largest absolute Gasteiger partial charge is 0.481 e. The molecule has 3 rings (SSSR count). The lowest BCUT2D eigenvalue weighted by atomic mass is 9.90. The molecule has 0 radical (unpaired) electrons. The van der Waals surface area contributed by atoms with Crippen LogP contribution in [0.3, 0.4) is 0 Å². The molecule has 1 fully saturated rings. The Hall–Kier alpha value is -1.32. The number of aromatic nitrogens is 2. The number of carboxylic acids is 1. The molecule has 2 aliphatic rings. The first-order valence-electron chi connectivity index (χ1n) is 6.95. The number of rotatable bonds is 2. The lowest BCUT2D eigenvalue weighted by Crippen LogP contribution is -2.22. The molecule has 18 heavy (non-hydrogen) atoms. The second-order valence-corrected chi connectivity index (χ2v) is 5.84. The highest BCUT2D eigenvalue weighted by molar-refractivity contribution is 5.70. The first kappa shape index (κ1) is 11.8. The van der Waals surface area contributed by atoms with E-state index in [1.165, 1.54) is 19.3 Å². The van der Waals surface area contributed by atoms with E-state index in [-0.39, 0.29) is 5.92 Å². The Morgan fingerprint density at radius 2 is 2.22 bits per heavy atom. The molecule has 0 amide bonds. The van der Waals surface area contributed by atoms with E-state index >= 15 is 0 Å². The molecule has 0 saturated heterocycles. The first-order chi connectivity index (χ1) is 8.65. The number of aliphatic carboxylic acids is 1. The van der Waals surface area contributed by atoms with Crippen molar-refractivity contribution in [1.29, 1.82) is 0 Å². The fourth-order valence-electron chi connectivity index (χ4n) is 3.44. The third-order valence-electron chi connectivity index (χ3n) is 4.62. The molecule has 2 N–H and O–H groups in total. The molecule has 98 valence electrons. The normalized spacial score (nSPS) is 31.3. The van der Waals surface area contributed by atoms with E-state index in [1.54, 1.807) is 0 Å². The Balaban J connectivity index is 1.82. The van der Waals surface area contributed by atoms with Gasteiger partial charge in [-0.3, -0.25) is 4.79 Å². The molecule has 0 bridgehead atoms. The topological polar surface area (TPSA) is 66.0 Å². The molecule has 3 atom stereocenters. The molecule has 1 aromatic rings. The van der Waals surface area contributed by atoms with Crippen LogP contribution in [0.5, 0.6) is 0 Å². The van der Waals surface area contributed by atoms with Gasteiger partial charge in [-0.2, -0.15) is 0 Å². The SMILES string of the molecule is CC1CCCC1c1nc2c([nH]1)CC(C(=O)O)CC2. The Bertz CT molecular complexity index is 466. The van der Waals surface area contributed by atoms with E-state index < -0.39 is 5.97 Å². The second kappa shape index (κ2) is 4.41. The molecule has 4 heteroatoms. The van der Waals surface area contributed by atoms with Crippen LogP contribution in [0.25, 0.3) is 0 Å². The number of nitrogens with zero attached hydrogens (tertiary/aromatic N) is 1. The van der Waals surface area contributed by atoms with E-state index in [4.69, 9.17) is 10.1 Å². The molecular weight excluding hydrogens is 228 g/mol. The Morgan fingerprint density at radius 3 is 2.89 bits per heavy atom. The highest BCUT2D eigenvalue weighted by Crippen LogP contribution is 2.39. The van der Waals surface area contributed by atoms with Crippen LogP contribution in [0.4, 0.5) is 0 Å². The standard InChI is InChI=1S/C14H20N2O2/c1-8-3-2-4-10(8)13-15-11-6-5-9(14(17)18)7-12(11)16-13/h8-10H,2-7H2,1H3,(H,15,16)(H,17,18). The molecule has 0 aromatic carbocycles. The smallest absolute Gasteiger partial charge is 0.306 e. The molecule has 1 aromatic heterocycles. The summed E-state index contributed by atoms with van der Waals surface area (Å²) in [5, 5.41) is 9.09. The highest BCUT2D eigenvalue weighted by atomic mass is 16.4. The van der Waals surface area contributed by atoms with Crippen molar-refractivity contribution < 1.29 is 9.90 Å². The first-order valence-corrected chi connectivity index (χ1v) is 6.95. The Morgan fingerprint density at radius 1 is 1.39 bits per heavy atom.